The number of hydrogen-bond acceptors (Lipinski definition) is 5. The molecule has 0 saturated carbocycles. The summed E-state index contributed by atoms with van der Waals surface area (Å²) in [5.41, 5.74) is 3.21. The van der Waals surface area contributed by atoms with Crippen LogP contribution in [0.25, 0.3) is 5.69 Å². The summed E-state index contributed by atoms with van der Waals surface area (Å²) in [7, 11) is 3.49. The van der Waals surface area contributed by atoms with Crippen LogP contribution in [0.5, 0.6) is 0 Å². The fourth-order valence-corrected chi connectivity index (χ4v) is 2.96. The molecule has 0 bridgehead atoms. The first kappa shape index (κ1) is 15.5. The van der Waals surface area contributed by atoms with E-state index in [4.69, 9.17) is 0 Å². The van der Waals surface area contributed by atoms with Crippen molar-refractivity contribution in [1.29, 1.82) is 0 Å². The maximum atomic E-state index is 12.0. The molecule has 112 valence electrons. The van der Waals surface area contributed by atoms with E-state index in [9.17, 15) is 4.79 Å². The fourth-order valence-electron chi connectivity index (χ4n) is 2.02. The number of nitrogens with zero attached hydrogens (tertiary/aromatic N) is 5. The van der Waals surface area contributed by atoms with Gasteiger partial charge in [-0.3, -0.25) is 4.79 Å². The topological polar surface area (TPSA) is 63.9 Å². The van der Waals surface area contributed by atoms with E-state index in [0.717, 1.165) is 11.3 Å². The Balaban J connectivity index is 2.29. The average molecular weight is 305 g/mol. The molecule has 0 aliphatic rings. The lowest BCUT2D eigenvalue weighted by atomic mass is 10.1. The first-order valence-corrected chi connectivity index (χ1v) is 7.52. The minimum Gasteiger partial charge on any atom is -0.348 e. The molecule has 1 heterocycles. The van der Waals surface area contributed by atoms with Crippen molar-refractivity contribution in [3.63, 3.8) is 0 Å². The van der Waals surface area contributed by atoms with Gasteiger partial charge >= 0.3 is 0 Å². The monoisotopic (exact) mass is 305 g/mol. The predicted molar refractivity (Wildman–Crippen MR) is 82.6 cm³/mol. The maximum Gasteiger partial charge on any atom is 0.235 e. The molecule has 1 aromatic carbocycles. The molecule has 0 spiro atoms. The van der Waals surface area contributed by atoms with Gasteiger partial charge in [0.1, 0.15) is 0 Å². The third-order valence-corrected chi connectivity index (χ3v) is 4.11. The third-order valence-electron chi connectivity index (χ3n) is 3.09. The zero-order chi connectivity index (χ0) is 15.6. The highest BCUT2D eigenvalue weighted by Crippen LogP contribution is 2.25. The van der Waals surface area contributed by atoms with Crippen molar-refractivity contribution in [2.24, 2.45) is 0 Å². The van der Waals surface area contributed by atoms with Crippen molar-refractivity contribution in [3.8, 4) is 5.69 Å². The van der Waals surface area contributed by atoms with E-state index in [1.165, 1.54) is 17.3 Å². The minimum absolute atomic E-state index is 0.0372. The van der Waals surface area contributed by atoms with Gasteiger partial charge in [0.05, 0.1) is 10.9 Å². The molecule has 1 amide bonds. The van der Waals surface area contributed by atoms with Crippen LogP contribution in [0, 0.1) is 13.8 Å². The second-order valence-electron chi connectivity index (χ2n) is 5.16. The van der Waals surface area contributed by atoms with Crippen LogP contribution in [0.3, 0.4) is 0 Å². The summed E-state index contributed by atoms with van der Waals surface area (Å²) in [4.78, 5) is 13.5. The summed E-state index contributed by atoms with van der Waals surface area (Å²) < 4.78 is 1.68. The Kier molecular flexibility index (Phi) is 4.62. The first-order valence-electron chi connectivity index (χ1n) is 6.64. The zero-order valence-electron chi connectivity index (χ0n) is 12.9. The predicted octanol–water partition coefficient (Wildman–Crippen LogP) is 1.85. The summed E-state index contributed by atoms with van der Waals surface area (Å²) in [6.45, 7) is 5.92. The molecule has 6 nitrogen and oxygen atoms in total. The zero-order valence-corrected chi connectivity index (χ0v) is 13.7. The van der Waals surface area contributed by atoms with Gasteiger partial charge in [-0.1, -0.05) is 29.5 Å². The molecule has 0 saturated heterocycles. The van der Waals surface area contributed by atoms with Gasteiger partial charge in [0.15, 0.2) is 0 Å². The van der Waals surface area contributed by atoms with E-state index in [1.54, 1.807) is 23.7 Å². The Morgan fingerprint density at radius 1 is 1.33 bits per heavy atom. The summed E-state index contributed by atoms with van der Waals surface area (Å²) in [5.74, 6) is 0.0372. The molecular formula is C14H19N5OS. The van der Waals surface area contributed by atoms with E-state index in [-0.39, 0.29) is 11.2 Å². The van der Waals surface area contributed by atoms with Crippen LogP contribution in [0.4, 0.5) is 0 Å². The standard InChI is InChI=1S/C14H19N5OS/c1-9-6-7-12(10(2)8-9)19-14(15-16-17-19)21-11(3)13(20)18(4)5/h6-8,11H,1-5H3/t11-/m0/s1. The van der Waals surface area contributed by atoms with E-state index in [1.807, 2.05) is 32.9 Å². The molecule has 7 heteroatoms. The molecule has 2 aromatic rings. The molecule has 0 unspecified atom stereocenters. The van der Waals surface area contributed by atoms with Crippen LogP contribution in [0.15, 0.2) is 23.4 Å². The molecule has 0 N–H and O–H groups in total. The molecule has 2 rings (SSSR count). The highest BCUT2D eigenvalue weighted by atomic mass is 32.2. The SMILES string of the molecule is Cc1ccc(-n2nnnc2S[C@@H](C)C(=O)N(C)C)c(C)c1. The van der Waals surface area contributed by atoms with Gasteiger partial charge in [-0.05, 0) is 42.8 Å². The molecule has 1 atom stereocenters. The molecule has 0 radical (unpaired) electrons. The number of tetrazole rings is 1. The Hall–Kier alpha value is -1.89. The van der Waals surface area contributed by atoms with E-state index in [2.05, 4.69) is 21.6 Å². The van der Waals surface area contributed by atoms with Crippen LogP contribution >= 0.6 is 11.8 Å². The van der Waals surface area contributed by atoms with Gasteiger partial charge in [0.2, 0.25) is 11.1 Å². The van der Waals surface area contributed by atoms with Crippen LogP contribution in [-0.4, -0.2) is 50.4 Å². The van der Waals surface area contributed by atoms with Gasteiger partial charge in [0.25, 0.3) is 0 Å². The number of amides is 1. The van der Waals surface area contributed by atoms with E-state index >= 15 is 0 Å². The lowest BCUT2D eigenvalue weighted by Gasteiger charge is -2.16. The second-order valence-corrected chi connectivity index (χ2v) is 6.46. The fraction of sp³-hybridized carbons (Fsp3) is 0.429. The number of benzene rings is 1. The Morgan fingerprint density at radius 3 is 2.67 bits per heavy atom. The normalized spacial score (nSPS) is 12.2. The number of carbonyl (C=O) groups excluding carboxylic acids is 1. The molecule has 1 aromatic heterocycles. The number of thioether (sulfide) groups is 1. The van der Waals surface area contributed by atoms with Crippen molar-refractivity contribution in [1.82, 2.24) is 25.1 Å². The number of hydrogen-bond donors (Lipinski definition) is 0. The van der Waals surface area contributed by atoms with Crippen molar-refractivity contribution >= 4 is 17.7 Å². The number of rotatable bonds is 4. The van der Waals surface area contributed by atoms with Crippen LogP contribution in [0.2, 0.25) is 0 Å². The molecule has 0 aliphatic heterocycles. The van der Waals surface area contributed by atoms with Crippen LogP contribution < -0.4 is 0 Å². The summed E-state index contributed by atoms with van der Waals surface area (Å²) in [6.07, 6.45) is 0. The van der Waals surface area contributed by atoms with Crippen LogP contribution in [-0.2, 0) is 4.79 Å². The molecular weight excluding hydrogens is 286 g/mol. The number of aromatic nitrogens is 4. The Morgan fingerprint density at radius 2 is 2.05 bits per heavy atom. The van der Waals surface area contributed by atoms with Gasteiger partial charge in [-0.25, -0.2) is 0 Å². The second kappa shape index (κ2) is 6.26. The summed E-state index contributed by atoms with van der Waals surface area (Å²) >= 11 is 1.36. The Bertz CT molecular complexity index is 653. The lowest BCUT2D eigenvalue weighted by molar-refractivity contribution is -0.127. The largest absolute Gasteiger partial charge is 0.348 e. The van der Waals surface area contributed by atoms with E-state index < -0.39 is 0 Å². The number of carbonyl (C=O) groups is 1. The van der Waals surface area contributed by atoms with Crippen molar-refractivity contribution < 1.29 is 4.79 Å². The maximum absolute atomic E-state index is 12.0. The smallest absolute Gasteiger partial charge is 0.235 e. The summed E-state index contributed by atoms with van der Waals surface area (Å²) in [5, 5.41) is 12.2. The van der Waals surface area contributed by atoms with Gasteiger partial charge in [-0.2, -0.15) is 4.68 Å². The minimum atomic E-state index is -0.240. The molecule has 0 aliphatic carbocycles. The molecule has 0 fully saturated rings. The third kappa shape index (κ3) is 3.41. The lowest BCUT2D eigenvalue weighted by Crippen LogP contribution is -2.29. The van der Waals surface area contributed by atoms with Gasteiger partial charge in [0, 0.05) is 14.1 Å². The van der Waals surface area contributed by atoms with Gasteiger partial charge in [-0.15, -0.1) is 5.10 Å². The number of aryl methyl sites for hydroxylation is 2. The van der Waals surface area contributed by atoms with Gasteiger partial charge < -0.3 is 4.90 Å². The average Bonchev–Trinajstić information content (AvgIpc) is 2.85. The Labute approximate surface area is 128 Å². The van der Waals surface area contributed by atoms with Crippen molar-refractivity contribution in [3.05, 3.63) is 29.3 Å². The first-order chi connectivity index (χ1) is 9.90. The highest BCUT2D eigenvalue weighted by Gasteiger charge is 2.20. The van der Waals surface area contributed by atoms with Crippen molar-refractivity contribution in [2.75, 3.05) is 14.1 Å². The quantitative estimate of drug-likeness (QED) is 0.807. The molecule has 21 heavy (non-hydrogen) atoms. The highest BCUT2D eigenvalue weighted by molar-refractivity contribution is 8.00. The van der Waals surface area contributed by atoms with Crippen molar-refractivity contribution in [2.45, 2.75) is 31.2 Å². The van der Waals surface area contributed by atoms with Crippen LogP contribution in [0.1, 0.15) is 18.1 Å². The summed E-state index contributed by atoms with van der Waals surface area (Å²) in [6, 6.07) is 6.09. The van der Waals surface area contributed by atoms with E-state index in [0.29, 0.717) is 5.16 Å².